The molecule has 126 valence electrons. The molecule has 4 aromatic rings. The predicted octanol–water partition coefficient (Wildman–Crippen LogP) is 6.29. The van der Waals surface area contributed by atoms with Crippen molar-refractivity contribution in [3.8, 4) is 11.3 Å². The van der Waals surface area contributed by atoms with Crippen LogP contribution in [0.4, 0.5) is 0 Å². The average molecular weight is 335 g/mol. The van der Waals surface area contributed by atoms with E-state index in [4.69, 9.17) is 11.3 Å². The summed E-state index contributed by atoms with van der Waals surface area (Å²) in [6, 6.07) is 12.8. The highest BCUT2D eigenvalue weighted by Crippen LogP contribution is 2.35. The molecule has 3 nitrogen and oxygen atoms in total. The van der Waals surface area contributed by atoms with Crippen LogP contribution in [0.2, 0.25) is 0 Å². The van der Waals surface area contributed by atoms with Crippen molar-refractivity contribution < 1.29 is 11.3 Å². The van der Waals surface area contributed by atoms with Crippen LogP contribution >= 0.6 is 0 Å². The molecular weight excluding hydrogens is 308 g/mol. The summed E-state index contributed by atoms with van der Waals surface area (Å²) >= 11 is 0. The van der Waals surface area contributed by atoms with Crippen LogP contribution in [0.1, 0.15) is 57.5 Å². The second-order valence-corrected chi connectivity index (χ2v) is 6.39. The van der Waals surface area contributed by atoms with E-state index >= 15 is 0 Å². The summed E-state index contributed by atoms with van der Waals surface area (Å²) < 4.78 is 45.3. The van der Waals surface area contributed by atoms with Crippen LogP contribution in [0.3, 0.4) is 0 Å². The van der Waals surface area contributed by atoms with E-state index in [1.165, 1.54) is 13.1 Å². The maximum Gasteiger partial charge on any atom is 0.227 e. The summed E-state index contributed by atoms with van der Waals surface area (Å²) in [4.78, 5) is 8.96. The molecule has 3 heterocycles. The third-order valence-electron chi connectivity index (χ3n) is 4.35. The fourth-order valence-corrected chi connectivity index (χ4v) is 2.93. The van der Waals surface area contributed by atoms with Gasteiger partial charge >= 0.3 is 0 Å². The van der Waals surface area contributed by atoms with Crippen LogP contribution < -0.4 is 0 Å². The van der Waals surface area contributed by atoms with E-state index in [1.807, 2.05) is 30.3 Å². The Bertz CT molecular complexity index is 1230. The van der Waals surface area contributed by atoms with Gasteiger partial charge in [-0.1, -0.05) is 45.8 Å². The second kappa shape index (κ2) is 5.99. The van der Waals surface area contributed by atoms with E-state index in [0.29, 0.717) is 28.2 Å². The lowest BCUT2D eigenvalue weighted by molar-refractivity contribution is 0.648. The molecule has 0 fully saturated rings. The number of aromatic nitrogens is 2. The van der Waals surface area contributed by atoms with Gasteiger partial charge in [-0.2, -0.15) is 0 Å². The summed E-state index contributed by atoms with van der Waals surface area (Å²) in [5.41, 5.74) is 3.41. The van der Waals surface area contributed by atoms with Crippen LogP contribution in [-0.4, -0.2) is 9.97 Å². The molecule has 3 aromatic heterocycles. The van der Waals surface area contributed by atoms with E-state index in [1.54, 1.807) is 26.0 Å². The van der Waals surface area contributed by atoms with Crippen molar-refractivity contribution in [2.75, 3.05) is 0 Å². The quantitative estimate of drug-likeness (QED) is 0.441. The Morgan fingerprint density at radius 1 is 1.00 bits per heavy atom. The molecule has 0 spiro atoms. The van der Waals surface area contributed by atoms with Gasteiger partial charge in [-0.15, -0.1) is 0 Å². The lowest BCUT2D eigenvalue weighted by atomic mass is 10.0. The van der Waals surface area contributed by atoms with Crippen molar-refractivity contribution in [1.82, 2.24) is 9.97 Å². The Hall–Kier alpha value is -2.68. The number of hydrogen-bond donors (Lipinski definition) is 0. The van der Waals surface area contributed by atoms with Crippen LogP contribution in [-0.2, 0) is 0 Å². The molecule has 0 saturated carbocycles. The van der Waals surface area contributed by atoms with Gasteiger partial charge in [0.2, 0.25) is 5.71 Å². The fraction of sp³-hybridized carbons (Fsp3) is 0.273. The number of para-hydroxylation sites is 1. The molecule has 0 radical (unpaired) electrons. The third kappa shape index (κ3) is 2.70. The highest BCUT2D eigenvalue weighted by atomic mass is 16.3. The molecule has 0 aliphatic carbocycles. The fourth-order valence-electron chi connectivity index (χ4n) is 2.93. The van der Waals surface area contributed by atoms with Crippen molar-refractivity contribution in [3.05, 3.63) is 59.9 Å². The number of furan rings is 1. The van der Waals surface area contributed by atoms with Crippen molar-refractivity contribution in [3.63, 3.8) is 0 Å². The number of hydrogen-bond acceptors (Lipinski definition) is 3. The first kappa shape index (κ1) is 11.0. The minimum Gasteiger partial charge on any atom is -0.437 e. The van der Waals surface area contributed by atoms with Crippen LogP contribution in [0.25, 0.3) is 33.3 Å². The SMILES string of the molecule is [2H]C(C)(C)c1ccc2c(n1)oc1c(-c3ccc(C([2H])(C)C([2H])([2H])[2H])cn3)cccc12. The van der Waals surface area contributed by atoms with Gasteiger partial charge in [0.1, 0.15) is 5.58 Å². The number of rotatable bonds is 3. The highest BCUT2D eigenvalue weighted by Gasteiger charge is 2.15. The number of pyridine rings is 2. The van der Waals surface area contributed by atoms with Gasteiger partial charge < -0.3 is 4.42 Å². The standard InChI is InChI=1S/C22H22N2O/c1-13(2)15-8-10-20(23-12-15)18-7-5-6-16-17-9-11-19(14(3)4)24-22(17)25-21(16)18/h5-14H,1-4H3/i1D3,13D,14D. The molecule has 0 aliphatic rings. The molecule has 3 heteroatoms. The van der Waals surface area contributed by atoms with Gasteiger partial charge in [-0.05, 0) is 41.6 Å². The zero-order valence-corrected chi connectivity index (χ0v) is 14.4. The van der Waals surface area contributed by atoms with Gasteiger partial charge in [-0.25, -0.2) is 4.98 Å². The Labute approximate surface area is 154 Å². The highest BCUT2D eigenvalue weighted by molar-refractivity contribution is 6.08. The Morgan fingerprint density at radius 2 is 1.88 bits per heavy atom. The topological polar surface area (TPSA) is 38.9 Å². The normalized spacial score (nSPS) is 18.1. The van der Waals surface area contributed by atoms with Crippen molar-refractivity contribution in [1.29, 1.82) is 0 Å². The number of fused-ring (bicyclic) bond motifs is 3. The zero-order valence-electron chi connectivity index (χ0n) is 19.4. The molecule has 0 bridgehead atoms. The van der Waals surface area contributed by atoms with Crippen LogP contribution in [0, 0.1) is 0 Å². The number of nitrogens with zero attached hydrogens (tertiary/aromatic N) is 2. The molecule has 0 aliphatic heterocycles. The summed E-state index contributed by atoms with van der Waals surface area (Å²) in [6.07, 6.45) is 1.44. The van der Waals surface area contributed by atoms with Gasteiger partial charge in [0.05, 0.1) is 5.69 Å². The lowest BCUT2D eigenvalue weighted by Gasteiger charge is -2.06. The van der Waals surface area contributed by atoms with E-state index in [9.17, 15) is 0 Å². The molecule has 1 atom stereocenters. The molecule has 0 saturated heterocycles. The molecule has 0 N–H and O–H groups in total. The van der Waals surface area contributed by atoms with Gasteiger partial charge in [0, 0.05) is 35.1 Å². The largest absolute Gasteiger partial charge is 0.437 e. The maximum atomic E-state index is 8.22. The van der Waals surface area contributed by atoms with Crippen molar-refractivity contribution >= 4 is 22.1 Å². The average Bonchev–Trinajstić information content (AvgIpc) is 3.04. The Kier molecular flexibility index (Phi) is 2.65. The first-order valence-electron chi connectivity index (χ1n) is 10.7. The van der Waals surface area contributed by atoms with Crippen molar-refractivity contribution in [2.24, 2.45) is 0 Å². The minimum absolute atomic E-state index is 0.326. The number of benzene rings is 1. The molecule has 1 unspecified atom stereocenters. The lowest BCUT2D eigenvalue weighted by Crippen LogP contribution is -1.90. The summed E-state index contributed by atoms with van der Waals surface area (Å²) in [7, 11) is 0. The summed E-state index contributed by atoms with van der Waals surface area (Å²) in [5, 5.41) is 1.75. The van der Waals surface area contributed by atoms with E-state index in [0.717, 1.165) is 16.3 Å². The van der Waals surface area contributed by atoms with E-state index in [-0.39, 0.29) is 0 Å². The zero-order chi connectivity index (χ0) is 21.9. The van der Waals surface area contributed by atoms with Crippen molar-refractivity contribution in [2.45, 2.75) is 39.4 Å². The third-order valence-corrected chi connectivity index (χ3v) is 4.35. The Balaban J connectivity index is 1.83. The van der Waals surface area contributed by atoms with E-state index < -0.39 is 18.6 Å². The monoisotopic (exact) mass is 335 g/mol. The first-order valence-corrected chi connectivity index (χ1v) is 8.19. The second-order valence-electron chi connectivity index (χ2n) is 6.39. The van der Waals surface area contributed by atoms with Gasteiger partial charge in [0.25, 0.3) is 0 Å². The van der Waals surface area contributed by atoms with Crippen LogP contribution in [0.15, 0.2) is 53.1 Å². The summed E-state index contributed by atoms with van der Waals surface area (Å²) in [6.45, 7) is 2.47. The van der Waals surface area contributed by atoms with Gasteiger partial charge in [-0.3, -0.25) is 4.98 Å². The maximum absolute atomic E-state index is 8.22. The molecule has 25 heavy (non-hydrogen) atoms. The molecule has 4 rings (SSSR count). The predicted molar refractivity (Wildman–Crippen MR) is 103 cm³/mol. The molecular formula is C22H22N2O. The first-order chi connectivity index (χ1) is 13.9. The van der Waals surface area contributed by atoms with Crippen LogP contribution in [0.5, 0.6) is 0 Å². The summed E-state index contributed by atoms with van der Waals surface area (Å²) in [5.74, 6) is -2.58. The smallest absolute Gasteiger partial charge is 0.227 e. The van der Waals surface area contributed by atoms with Gasteiger partial charge in [0.15, 0.2) is 0 Å². The van der Waals surface area contributed by atoms with E-state index in [2.05, 4.69) is 9.97 Å². The minimum atomic E-state index is -2.45. The molecule has 0 amide bonds. The molecule has 1 aromatic carbocycles. The Morgan fingerprint density at radius 3 is 2.60 bits per heavy atom.